The lowest BCUT2D eigenvalue weighted by molar-refractivity contribution is -0.581. The first kappa shape index (κ1) is 12.5. The summed E-state index contributed by atoms with van der Waals surface area (Å²) in [5, 5.41) is 0. The number of rotatable bonds is 0. The maximum atomic E-state index is 12.2. The molecule has 90 valence electrons. The van der Waals surface area contributed by atoms with Gasteiger partial charge in [0.05, 0.1) is 6.42 Å². The molecule has 0 aromatic rings. The normalized spacial score (nSPS) is 37.8. The predicted molar refractivity (Wildman–Crippen MR) is 59.4 cm³/mol. The second-order valence-electron chi connectivity index (χ2n) is 5.60. The number of fused-ring (bicyclic) bond motifs is 2. The Labute approximate surface area is 115 Å². The summed E-state index contributed by atoms with van der Waals surface area (Å²) in [4.78, 5) is 12.2. The van der Waals surface area contributed by atoms with Gasteiger partial charge in [-0.25, -0.2) is 4.58 Å². The maximum Gasteiger partial charge on any atom is 0.165 e. The van der Waals surface area contributed by atoms with Gasteiger partial charge in [0, 0.05) is 19.3 Å². The summed E-state index contributed by atoms with van der Waals surface area (Å²) in [6.07, 6.45) is 8.21. The number of halogens is 1. The molecule has 3 heteroatoms. The van der Waals surface area contributed by atoms with E-state index < -0.39 is 0 Å². The van der Waals surface area contributed by atoms with Crippen molar-refractivity contribution in [2.75, 3.05) is 6.54 Å². The van der Waals surface area contributed by atoms with Gasteiger partial charge >= 0.3 is 0 Å². The zero-order chi connectivity index (χ0) is 10.5. The van der Waals surface area contributed by atoms with E-state index in [1.54, 1.807) is 0 Å². The molecule has 1 saturated carbocycles. The highest BCUT2D eigenvalue weighted by molar-refractivity contribution is 6.09. The predicted octanol–water partition coefficient (Wildman–Crippen LogP) is -0.841. The lowest BCUT2D eigenvalue weighted by Gasteiger charge is -2.33. The number of carbonyl (C=O) groups excluding carboxylic acids is 1. The monoisotopic (exact) mass is 333 g/mol. The number of ketones is 1. The summed E-state index contributed by atoms with van der Waals surface area (Å²) < 4.78 is 2.60. The van der Waals surface area contributed by atoms with Gasteiger partial charge < -0.3 is 24.0 Å². The van der Waals surface area contributed by atoms with Crippen LogP contribution >= 0.6 is 0 Å². The van der Waals surface area contributed by atoms with Crippen LogP contribution < -0.4 is 24.0 Å². The molecule has 0 aromatic heterocycles. The molecule has 2 nitrogen and oxygen atoms in total. The van der Waals surface area contributed by atoms with Crippen molar-refractivity contribution in [1.82, 2.24) is 0 Å². The van der Waals surface area contributed by atoms with Gasteiger partial charge in [-0.15, -0.1) is 0 Å². The van der Waals surface area contributed by atoms with Crippen LogP contribution in [0.15, 0.2) is 0 Å². The molecule has 2 heterocycles. The SMILES string of the molecule is CC12CCCC1=[N+]1CCCCC1CC2=O.[I-]. The van der Waals surface area contributed by atoms with Crippen molar-refractivity contribution in [2.24, 2.45) is 5.41 Å². The quantitative estimate of drug-likeness (QED) is 0.418. The van der Waals surface area contributed by atoms with E-state index in [9.17, 15) is 4.79 Å². The minimum Gasteiger partial charge on any atom is -1.00 e. The molecule has 2 fully saturated rings. The topological polar surface area (TPSA) is 20.1 Å². The molecular weight excluding hydrogens is 313 g/mol. The fourth-order valence-corrected chi connectivity index (χ4v) is 3.80. The van der Waals surface area contributed by atoms with Crippen molar-refractivity contribution in [3.63, 3.8) is 0 Å². The Hall–Kier alpha value is 0.0700. The van der Waals surface area contributed by atoms with Crippen molar-refractivity contribution < 1.29 is 33.3 Å². The summed E-state index contributed by atoms with van der Waals surface area (Å²) in [6, 6.07) is 0.562. The van der Waals surface area contributed by atoms with Crippen molar-refractivity contribution >= 4 is 11.5 Å². The molecule has 0 bridgehead atoms. The van der Waals surface area contributed by atoms with Gasteiger partial charge in [-0.3, -0.25) is 4.79 Å². The summed E-state index contributed by atoms with van der Waals surface area (Å²) in [5.41, 5.74) is 1.43. The van der Waals surface area contributed by atoms with Crippen LogP contribution in [-0.2, 0) is 4.79 Å². The Morgan fingerprint density at radius 2 is 2.12 bits per heavy atom. The zero-order valence-corrected chi connectivity index (χ0v) is 12.1. The van der Waals surface area contributed by atoms with Crippen LogP contribution in [0.4, 0.5) is 0 Å². The average Bonchev–Trinajstić information content (AvgIpc) is 2.63. The van der Waals surface area contributed by atoms with E-state index in [2.05, 4.69) is 11.5 Å². The Morgan fingerprint density at radius 1 is 1.31 bits per heavy atom. The van der Waals surface area contributed by atoms with Crippen molar-refractivity contribution in [3.8, 4) is 0 Å². The minimum atomic E-state index is -0.0617. The van der Waals surface area contributed by atoms with Gasteiger partial charge in [0.1, 0.15) is 12.0 Å². The summed E-state index contributed by atoms with van der Waals surface area (Å²) >= 11 is 0. The first-order valence-electron chi connectivity index (χ1n) is 6.38. The molecular formula is C13H20INO. The van der Waals surface area contributed by atoms with E-state index in [1.165, 1.54) is 44.4 Å². The number of hydrogen-bond acceptors (Lipinski definition) is 1. The number of piperidine rings is 1. The molecule has 1 saturated heterocycles. The van der Waals surface area contributed by atoms with Crippen LogP contribution in [0.1, 0.15) is 51.9 Å². The first-order chi connectivity index (χ1) is 7.22. The molecule has 2 unspecified atom stereocenters. The van der Waals surface area contributed by atoms with Crippen LogP contribution in [0.5, 0.6) is 0 Å². The Bertz CT molecular complexity index is 350. The van der Waals surface area contributed by atoms with Crippen LogP contribution in [0.25, 0.3) is 0 Å². The molecule has 0 radical (unpaired) electrons. The summed E-state index contributed by atoms with van der Waals surface area (Å²) in [5.74, 6) is 0.526. The van der Waals surface area contributed by atoms with Gasteiger partial charge in [0.15, 0.2) is 17.5 Å². The largest absolute Gasteiger partial charge is 1.00 e. The molecule has 0 aromatic carbocycles. The first-order valence-corrected chi connectivity index (χ1v) is 6.38. The van der Waals surface area contributed by atoms with E-state index in [0.29, 0.717) is 11.8 Å². The van der Waals surface area contributed by atoms with Gasteiger partial charge in [-0.1, -0.05) is 0 Å². The van der Waals surface area contributed by atoms with E-state index in [1.807, 2.05) is 0 Å². The molecule has 0 amide bonds. The molecule has 0 N–H and O–H groups in total. The smallest absolute Gasteiger partial charge is 0.165 e. The molecule has 2 aliphatic heterocycles. The second kappa shape index (κ2) is 4.39. The highest BCUT2D eigenvalue weighted by Crippen LogP contribution is 2.41. The van der Waals surface area contributed by atoms with Crippen molar-refractivity contribution in [1.29, 1.82) is 0 Å². The third-order valence-corrected chi connectivity index (χ3v) is 4.74. The lowest BCUT2D eigenvalue weighted by atomic mass is 9.75. The third kappa shape index (κ3) is 1.66. The maximum absolute atomic E-state index is 12.2. The highest BCUT2D eigenvalue weighted by Gasteiger charge is 2.53. The van der Waals surface area contributed by atoms with Gasteiger partial charge in [0.2, 0.25) is 0 Å². The molecule has 3 aliphatic rings. The number of carbonyl (C=O) groups is 1. The third-order valence-electron chi connectivity index (χ3n) is 4.74. The molecule has 16 heavy (non-hydrogen) atoms. The van der Waals surface area contributed by atoms with E-state index in [-0.39, 0.29) is 29.4 Å². The van der Waals surface area contributed by atoms with Crippen LogP contribution in [0.2, 0.25) is 0 Å². The number of hydrogen-bond donors (Lipinski definition) is 0. The zero-order valence-electron chi connectivity index (χ0n) is 9.97. The van der Waals surface area contributed by atoms with Crippen LogP contribution in [0, 0.1) is 5.41 Å². The highest BCUT2D eigenvalue weighted by atomic mass is 127. The summed E-state index contributed by atoms with van der Waals surface area (Å²) in [6.45, 7) is 3.39. The second-order valence-corrected chi connectivity index (χ2v) is 5.60. The van der Waals surface area contributed by atoms with Gasteiger partial charge in [-0.2, -0.15) is 0 Å². The molecule has 1 aliphatic carbocycles. The lowest BCUT2D eigenvalue weighted by Crippen LogP contribution is -3.00. The van der Waals surface area contributed by atoms with Crippen molar-refractivity contribution in [3.05, 3.63) is 0 Å². The van der Waals surface area contributed by atoms with E-state index in [4.69, 9.17) is 0 Å². The molecule has 2 atom stereocenters. The van der Waals surface area contributed by atoms with Crippen LogP contribution in [0.3, 0.4) is 0 Å². The molecule has 0 spiro atoms. The fraction of sp³-hybridized carbons (Fsp3) is 0.846. The standard InChI is InChI=1S/C13H20NO.HI/c1-13-7-4-6-11(13)14-8-3-2-5-10(14)9-12(13)15;/h10H,2-9H2,1H3;1H/q+1;/p-1. The van der Waals surface area contributed by atoms with E-state index in [0.717, 1.165) is 12.8 Å². The van der Waals surface area contributed by atoms with Crippen molar-refractivity contribution in [2.45, 2.75) is 57.9 Å². The fourth-order valence-electron chi connectivity index (χ4n) is 3.80. The Morgan fingerprint density at radius 3 is 2.94 bits per heavy atom. The molecule has 3 rings (SSSR count). The van der Waals surface area contributed by atoms with Crippen LogP contribution in [-0.4, -0.2) is 28.7 Å². The Balaban J connectivity index is 0.000000963. The average molecular weight is 333 g/mol. The summed E-state index contributed by atoms with van der Waals surface area (Å²) in [7, 11) is 0. The van der Waals surface area contributed by atoms with Gasteiger partial charge in [-0.05, 0) is 26.2 Å². The Kier molecular flexibility index (Phi) is 3.44. The van der Waals surface area contributed by atoms with E-state index >= 15 is 0 Å². The number of nitrogens with zero attached hydrogens (tertiary/aromatic N) is 1. The minimum absolute atomic E-state index is 0. The van der Waals surface area contributed by atoms with Gasteiger partial charge in [0.25, 0.3) is 0 Å². The number of Topliss-reactive ketones (excluding diaryl/α,β-unsaturated/α-hetero) is 1.